The molecule has 18 heavy (non-hydrogen) atoms. The molecule has 2 rings (SSSR count). The molecule has 0 saturated heterocycles. The Labute approximate surface area is 105 Å². The van der Waals surface area contributed by atoms with Crippen LogP contribution >= 0.6 is 11.3 Å². The van der Waals surface area contributed by atoms with E-state index in [0.717, 1.165) is 12.1 Å². The number of hydrogen-bond donors (Lipinski definition) is 3. The van der Waals surface area contributed by atoms with Gasteiger partial charge in [0.25, 0.3) is 0 Å². The van der Waals surface area contributed by atoms with E-state index in [1.54, 1.807) is 11.6 Å². The van der Waals surface area contributed by atoms with Gasteiger partial charge in [0.05, 0.1) is 0 Å². The van der Waals surface area contributed by atoms with Crippen LogP contribution in [0, 0.1) is 0 Å². The molecule has 0 spiro atoms. The highest BCUT2D eigenvalue weighted by Gasteiger charge is 2.14. The first-order valence-corrected chi connectivity index (χ1v) is 5.56. The standard InChI is InChI=1S/C10H7N3O4S/c14-7-4-8(15)6(3-5(7)9(16)17)12-13-10-11-1-2-18-10/h1-4,14-15H,(H,16,17). The molecule has 0 unspecified atom stereocenters. The fourth-order valence-corrected chi connectivity index (χ4v) is 1.63. The van der Waals surface area contributed by atoms with Crippen LogP contribution in [0.3, 0.4) is 0 Å². The van der Waals surface area contributed by atoms with E-state index in [-0.39, 0.29) is 17.0 Å². The molecule has 0 fully saturated rings. The van der Waals surface area contributed by atoms with Gasteiger partial charge < -0.3 is 15.3 Å². The van der Waals surface area contributed by atoms with Crippen molar-refractivity contribution in [2.45, 2.75) is 0 Å². The molecule has 0 aliphatic heterocycles. The summed E-state index contributed by atoms with van der Waals surface area (Å²) in [5.41, 5.74) is -0.415. The van der Waals surface area contributed by atoms with Crippen molar-refractivity contribution in [1.29, 1.82) is 0 Å². The number of thiazole rings is 1. The van der Waals surface area contributed by atoms with Gasteiger partial charge in [-0.05, 0) is 6.07 Å². The number of nitrogens with zero attached hydrogens (tertiary/aromatic N) is 3. The maximum absolute atomic E-state index is 10.8. The Morgan fingerprint density at radius 3 is 2.61 bits per heavy atom. The first-order chi connectivity index (χ1) is 8.58. The van der Waals surface area contributed by atoms with Gasteiger partial charge in [0, 0.05) is 17.6 Å². The number of carboxylic acids is 1. The third kappa shape index (κ3) is 2.43. The lowest BCUT2D eigenvalue weighted by molar-refractivity contribution is 0.0694. The average Bonchev–Trinajstić information content (AvgIpc) is 2.80. The van der Waals surface area contributed by atoms with Crippen molar-refractivity contribution < 1.29 is 20.1 Å². The van der Waals surface area contributed by atoms with Gasteiger partial charge in [-0.2, -0.15) is 0 Å². The van der Waals surface area contributed by atoms with Crippen LogP contribution in [0.5, 0.6) is 11.5 Å². The van der Waals surface area contributed by atoms with E-state index >= 15 is 0 Å². The van der Waals surface area contributed by atoms with Crippen LogP contribution in [0.25, 0.3) is 0 Å². The average molecular weight is 265 g/mol. The first kappa shape index (κ1) is 12.0. The fraction of sp³-hybridized carbons (Fsp3) is 0. The molecule has 8 heteroatoms. The van der Waals surface area contributed by atoms with E-state index in [0.29, 0.717) is 5.13 Å². The summed E-state index contributed by atoms with van der Waals surface area (Å²) in [5.74, 6) is -2.22. The number of aromatic hydroxyl groups is 2. The van der Waals surface area contributed by atoms with Crippen molar-refractivity contribution in [3.63, 3.8) is 0 Å². The summed E-state index contributed by atoms with van der Waals surface area (Å²) in [7, 11) is 0. The van der Waals surface area contributed by atoms with E-state index in [2.05, 4.69) is 15.2 Å². The van der Waals surface area contributed by atoms with Crippen molar-refractivity contribution in [2.75, 3.05) is 0 Å². The van der Waals surface area contributed by atoms with Gasteiger partial charge >= 0.3 is 5.97 Å². The number of carboxylic acid groups (broad SMARTS) is 1. The molecule has 0 atom stereocenters. The minimum Gasteiger partial charge on any atom is -0.507 e. The van der Waals surface area contributed by atoms with E-state index in [1.165, 1.54) is 11.3 Å². The maximum Gasteiger partial charge on any atom is 0.339 e. The van der Waals surface area contributed by atoms with Crippen molar-refractivity contribution in [2.24, 2.45) is 10.2 Å². The zero-order chi connectivity index (χ0) is 13.1. The number of benzene rings is 1. The predicted octanol–water partition coefficient (Wildman–Crippen LogP) is 2.67. The second-order valence-electron chi connectivity index (χ2n) is 3.18. The molecule has 1 heterocycles. The number of hydrogen-bond acceptors (Lipinski definition) is 7. The normalized spacial score (nSPS) is 10.9. The van der Waals surface area contributed by atoms with E-state index < -0.39 is 11.7 Å². The molecular weight excluding hydrogens is 258 g/mol. The highest BCUT2D eigenvalue weighted by atomic mass is 32.1. The summed E-state index contributed by atoms with van der Waals surface area (Å²) < 4.78 is 0. The van der Waals surface area contributed by atoms with Crippen LogP contribution in [0.1, 0.15) is 10.4 Å². The maximum atomic E-state index is 10.8. The van der Waals surface area contributed by atoms with Crippen LogP contribution in [0.2, 0.25) is 0 Å². The second kappa shape index (κ2) is 4.80. The summed E-state index contributed by atoms with van der Waals surface area (Å²) in [5, 5.41) is 37.1. The number of carbonyl (C=O) groups is 1. The topological polar surface area (TPSA) is 115 Å². The molecule has 92 valence electrons. The van der Waals surface area contributed by atoms with Gasteiger partial charge in [0.15, 0.2) is 0 Å². The van der Waals surface area contributed by atoms with E-state index in [4.69, 9.17) is 5.11 Å². The van der Waals surface area contributed by atoms with Crippen molar-refractivity contribution >= 4 is 28.1 Å². The number of phenols is 2. The third-order valence-electron chi connectivity index (χ3n) is 1.99. The molecule has 3 N–H and O–H groups in total. The van der Waals surface area contributed by atoms with E-state index in [9.17, 15) is 15.0 Å². The van der Waals surface area contributed by atoms with Gasteiger partial charge in [-0.15, -0.1) is 21.6 Å². The number of phenolic OH excluding ortho intramolecular Hbond substituents is 1. The number of aromatic carboxylic acids is 1. The van der Waals surface area contributed by atoms with Crippen LogP contribution in [-0.2, 0) is 0 Å². The second-order valence-corrected chi connectivity index (χ2v) is 4.05. The lowest BCUT2D eigenvalue weighted by Crippen LogP contribution is -1.96. The van der Waals surface area contributed by atoms with Crippen LogP contribution in [0.15, 0.2) is 33.9 Å². The lowest BCUT2D eigenvalue weighted by Gasteiger charge is -2.02. The SMILES string of the molecule is O=C(O)c1cc(N=Nc2nccs2)c(O)cc1O. The smallest absolute Gasteiger partial charge is 0.339 e. The molecule has 2 aromatic rings. The number of aromatic nitrogens is 1. The van der Waals surface area contributed by atoms with Crippen LogP contribution in [0.4, 0.5) is 10.8 Å². The third-order valence-corrected chi connectivity index (χ3v) is 2.64. The summed E-state index contributed by atoms with van der Waals surface area (Å²) in [6.07, 6.45) is 1.54. The molecule has 0 aliphatic rings. The van der Waals surface area contributed by atoms with Crippen molar-refractivity contribution in [1.82, 2.24) is 4.98 Å². The minimum atomic E-state index is -1.32. The molecule has 1 aromatic heterocycles. The molecular formula is C10H7N3O4S. The zero-order valence-corrected chi connectivity index (χ0v) is 9.63. The summed E-state index contributed by atoms with van der Waals surface area (Å²) >= 11 is 1.24. The minimum absolute atomic E-state index is 0.0552. The van der Waals surface area contributed by atoms with Gasteiger partial charge in [-0.3, -0.25) is 0 Å². The molecule has 0 aliphatic carbocycles. The molecule has 0 radical (unpaired) electrons. The Kier molecular flexibility index (Phi) is 3.20. The highest BCUT2D eigenvalue weighted by Crippen LogP contribution is 2.34. The number of azo groups is 1. The summed E-state index contributed by atoms with van der Waals surface area (Å²) in [6.45, 7) is 0. The highest BCUT2D eigenvalue weighted by molar-refractivity contribution is 7.13. The summed E-state index contributed by atoms with van der Waals surface area (Å²) in [4.78, 5) is 14.6. The lowest BCUT2D eigenvalue weighted by atomic mass is 10.1. The van der Waals surface area contributed by atoms with Gasteiger partial charge in [0.2, 0.25) is 5.13 Å². The molecule has 7 nitrogen and oxygen atoms in total. The van der Waals surface area contributed by atoms with Gasteiger partial charge in [-0.1, -0.05) is 0 Å². The van der Waals surface area contributed by atoms with Gasteiger partial charge in [0.1, 0.15) is 22.7 Å². The molecule has 1 aromatic carbocycles. The number of rotatable bonds is 3. The van der Waals surface area contributed by atoms with E-state index in [1.807, 2.05) is 0 Å². The molecule has 0 saturated carbocycles. The monoisotopic (exact) mass is 265 g/mol. The Balaban J connectivity index is 2.39. The largest absolute Gasteiger partial charge is 0.507 e. The fourth-order valence-electron chi connectivity index (χ4n) is 1.18. The predicted molar refractivity (Wildman–Crippen MR) is 63.0 cm³/mol. The van der Waals surface area contributed by atoms with Gasteiger partial charge in [-0.25, -0.2) is 9.78 Å². The Morgan fingerprint density at radius 1 is 1.22 bits per heavy atom. The Morgan fingerprint density at radius 2 is 2.00 bits per heavy atom. The van der Waals surface area contributed by atoms with Crippen molar-refractivity contribution in [3.05, 3.63) is 29.3 Å². The van der Waals surface area contributed by atoms with Crippen LogP contribution < -0.4 is 0 Å². The molecule has 0 bridgehead atoms. The summed E-state index contributed by atoms with van der Waals surface area (Å²) in [6, 6.07) is 1.93. The van der Waals surface area contributed by atoms with Crippen molar-refractivity contribution in [3.8, 4) is 11.5 Å². The quantitative estimate of drug-likeness (QED) is 0.738. The Bertz CT molecular complexity index is 610. The zero-order valence-electron chi connectivity index (χ0n) is 8.81. The first-order valence-electron chi connectivity index (χ1n) is 4.68. The Hall–Kier alpha value is -2.48. The van der Waals surface area contributed by atoms with Crippen LogP contribution in [-0.4, -0.2) is 26.3 Å². The molecule has 0 amide bonds.